The molecule has 3 aliphatic rings. The fourth-order valence-corrected chi connectivity index (χ4v) is 6.95. The van der Waals surface area contributed by atoms with Crippen LogP contribution < -0.4 is 26.0 Å². The van der Waals surface area contributed by atoms with E-state index in [0.717, 1.165) is 16.7 Å². The highest BCUT2D eigenvalue weighted by Gasteiger charge is 2.64. The smallest absolute Gasteiger partial charge is 0.412 e. The maximum atomic E-state index is 14.0. The van der Waals surface area contributed by atoms with Crippen molar-refractivity contribution in [3.05, 3.63) is 70.3 Å². The number of aliphatic hydroxyl groups is 1. The van der Waals surface area contributed by atoms with Crippen molar-refractivity contribution < 1.29 is 43.2 Å². The number of carbonyl (C=O) groups excluding carboxylic acids is 3. The third kappa shape index (κ3) is 7.70. The van der Waals surface area contributed by atoms with E-state index in [2.05, 4.69) is 10.6 Å². The first-order chi connectivity index (χ1) is 23.6. The van der Waals surface area contributed by atoms with E-state index in [0.29, 0.717) is 29.2 Å². The van der Waals surface area contributed by atoms with Gasteiger partial charge in [-0.3, -0.25) is 15.4 Å². The van der Waals surface area contributed by atoms with E-state index in [4.69, 9.17) is 41.0 Å². The van der Waals surface area contributed by atoms with Gasteiger partial charge in [0.15, 0.2) is 5.72 Å². The van der Waals surface area contributed by atoms with Gasteiger partial charge in [0.1, 0.15) is 34.7 Å². The molecule has 3 heterocycles. The number of alkyl carbamates (subject to hydrolysis) is 1. The quantitative estimate of drug-likeness (QED) is 0.242. The summed E-state index contributed by atoms with van der Waals surface area (Å²) in [7, 11) is 4.52. The third-order valence-electron chi connectivity index (χ3n) is 9.72. The molecule has 5 rings (SSSR count). The van der Waals surface area contributed by atoms with Crippen molar-refractivity contribution in [1.82, 2.24) is 5.32 Å². The lowest BCUT2D eigenvalue weighted by Crippen LogP contribution is -2.63. The molecule has 0 saturated carbocycles. The standard InChI is InChI=1S/C36H45ClN4O9/c1-19-9-8-10-28(47-7)36(45)18-27(48-34(44)40-36)21(3)32-35(4,50-32)29(49-33(43)39-23-11-12-24(38)20(2)14-23)17-30(42)41(5)25-15-22(13-19)16-26(46-6)31(25)37/h8-12,14-16,21,27-29,32,45H,13,17-18,38H2,1-7H3,(H,39,43)(H,40,44)/b10-8+,19-9+/t21-,27+,28-,29+,32+,35+,36+/m1/s1. The predicted octanol–water partition coefficient (Wildman–Crippen LogP) is 5.26. The van der Waals surface area contributed by atoms with Gasteiger partial charge in [0.05, 0.1) is 25.3 Å². The zero-order chi connectivity index (χ0) is 36.5. The molecule has 13 nitrogen and oxygen atoms in total. The molecule has 0 radical (unpaired) electrons. The number of nitrogens with two attached hydrogens (primary N) is 1. The Hall–Kier alpha value is -4.30. The van der Waals surface area contributed by atoms with E-state index in [1.54, 1.807) is 56.5 Å². The van der Waals surface area contributed by atoms with Gasteiger partial charge >= 0.3 is 12.2 Å². The van der Waals surface area contributed by atoms with Crippen molar-refractivity contribution in [2.75, 3.05) is 37.2 Å². The number of anilines is 3. The lowest BCUT2D eigenvalue weighted by atomic mass is 9.83. The van der Waals surface area contributed by atoms with Crippen molar-refractivity contribution in [1.29, 1.82) is 0 Å². The van der Waals surface area contributed by atoms with Gasteiger partial charge in [-0.25, -0.2) is 9.59 Å². The summed E-state index contributed by atoms with van der Waals surface area (Å²) < 4.78 is 29.0. The number of benzene rings is 2. The van der Waals surface area contributed by atoms with E-state index < -0.39 is 59.8 Å². The lowest BCUT2D eigenvalue weighted by molar-refractivity contribution is -0.142. The molecule has 2 aromatic carbocycles. The van der Waals surface area contributed by atoms with E-state index in [1.807, 2.05) is 26.8 Å². The minimum absolute atomic E-state index is 0.0321. The molecule has 0 spiro atoms. The minimum Gasteiger partial charge on any atom is -0.495 e. The number of carbonyl (C=O) groups is 3. The first-order valence-corrected chi connectivity index (χ1v) is 16.7. The molecule has 0 aliphatic carbocycles. The highest BCUT2D eigenvalue weighted by molar-refractivity contribution is 6.35. The van der Waals surface area contributed by atoms with Crippen LogP contribution in [0, 0.1) is 12.8 Å². The number of epoxide rings is 1. The zero-order valence-electron chi connectivity index (χ0n) is 29.2. The van der Waals surface area contributed by atoms with Gasteiger partial charge in [0, 0.05) is 37.9 Å². The number of fused-ring (bicyclic) bond motifs is 5. The van der Waals surface area contributed by atoms with E-state index in [9.17, 15) is 19.5 Å². The topological polar surface area (TPSA) is 174 Å². The Kier molecular flexibility index (Phi) is 10.7. The van der Waals surface area contributed by atoms with Crippen LogP contribution in [-0.4, -0.2) is 80.2 Å². The van der Waals surface area contributed by atoms with Crippen LogP contribution in [0.1, 0.15) is 44.7 Å². The normalized spacial score (nSPS) is 31.7. The highest BCUT2D eigenvalue weighted by atomic mass is 35.5. The summed E-state index contributed by atoms with van der Waals surface area (Å²) in [5.74, 6) is -0.524. The average molecular weight is 713 g/mol. The summed E-state index contributed by atoms with van der Waals surface area (Å²) in [6, 6.07) is 8.62. The molecule has 0 aromatic heterocycles. The molecule has 3 aliphatic heterocycles. The summed E-state index contributed by atoms with van der Waals surface area (Å²) >= 11 is 6.74. The molecule has 14 heteroatoms. The number of methoxy groups -OCH3 is 2. The Morgan fingerprint density at radius 2 is 1.94 bits per heavy atom. The molecule has 5 N–H and O–H groups in total. The lowest BCUT2D eigenvalue weighted by Gasteiger charge is -2.42. The molecule has 270 valence electrons. The number of halogens is 1. The van der Waals surface area contributed by atoms with Crippen molar-refractivity contribution in [2.24, 2.45) is 5.92 Å². The Bertz CT molecular complexity index is 1720. The number of amides is 3. The van der Waals surface area contributed by atoms with Crippen LogP contribution in [0.5, 0.6) is 5.75 Å². The second-order valence-electron chi connectivity index (χ2n) is 13.4. The van der Waals surface area contributed by atoms with E-state index >= 15 is 0 Å². The minimum atomic E-state index is -1.81. The van der Waals surface area contributed by atoms with E-state index in [-0.39, 0.29) is 17.9 Å². The van der Waals surface area contributed by atoms with Crippen molar-refractivity contribution in [3.63, 3.8) is 0 Å². The Morgan fingerprint density at radius 3 is 2.62 bits per heavy atom. The zero-order valence-corrected chi connectivity index (χ0v) is 30.0. The fourth-order valence-electron chi connectivity index (χ4n) is 6.64. The number of allylic oxidation sites excluding steroid dienone is 3. The second-order valence-corrected chi connectivity index (χ2v) is 13.8. The van der Waals surface area contributed by atoms with Crippen LogP contribution in [0.2, 0.25) is 5.02 Å². The number of nitrogens with zero attached hydrogens (tertiary/aromatic N) is 1. The Labute approximate surface area is 296 Å². The highest BCUT2D eigenvalue weighted by Crippen LogP contribution is 2.49. The number of hydrogen-bond donors (Lipinski definition) is 4. The molecule has 2 fully saturated rings. The number of rotatable bonds is 4. The summed E-state index contributed by atoms with van der Waals surface area (Å²) in [6.07, 6.45) is 0.343. The molecule has 7 atom stereocenters. The summed E-state index contributed by atoms with van der Waals surface area (Å²) in [6.45, 7) is 7.28. The molecular weight excluding hydrogens is 668 g/mol. The Balaban J connectivity index is 1.54. The molecule has 2 saturated heterocycles. The molecule has 2 aromatic rings. The molecular formula is C36H45ClN4O9. The van der Waals surface area contributed by atoms with Gasteiger partial charge in [-0.05, 0) is 68.7 Å². The summed E-state index contributed by atoms with van der Waals surface area (Å²) in [4.78, 5) is 41.6. The first kappa shape index (κ1) is 37.0. The van der Waals surface area contributed by atoms with Gasteiger partial charge in [-0.2, -0.15) is 0 Å². The maximum Gasteiger partial charge on any atom is 0.412 e. The van der Waals surface area contributed by atoms with E-state index in [1.165, 1.54) is 19.1 Å². The van der Waals surface area contributed by atoms with Crippen LogP contribution in [-0.2, 0) is 30.2 Å². The van der Waals surface area contributed by atoms with Gasteiger partial charge in [0.2, 0.25) is 5.91 Å². The SMILES string of the molecule is COc1cc2cc(c1Cl)N(C)C(=O)C[C@H](OC(=O)Nc1ccc(N)c(C)c1)[C@]1(C)O[C@H]1[C@H](C)[C@@H]1C[C@@](O)(NC(=O)O1)[C@H](OC)/C=C/C=C(\C)C2. The van der Waals surface area contributed by atoms with Crippen molar-refractivity contribution in [3.8, 4) is 5.75 Å². The fraction of sp³-hybridized carbons (Fsp3) is 0.472. The van der Waals surface area contributed by atoms with Crippen LogP contribution in [0.25, 0.3) is 0 Å². The first-order valence-electron chi connectivity index (χ1n) is 16.3. The van der Waals surface area contributed by atoms with Crippen LogP contribution in [0.15, 0.2) is 54.1 Å². The molecule has 4 bridgehead atoms. The largest absolute Gasteiger partial charge is 0.495 e. The number of ether oxygens (including phenoxy) is 5. The average Bonchev–Trinajstić information content (AvgIpc) is 3.75. The predicted molar refractivity (Wildman–Crippen MR) is 188 cm³/mol. The Morgan fingerprint density at radius 1 is 1.20 bits per heavy atom. The molecule has 3 amide bonds. The monoisotopic (exact) mass is 712 g/mol. The number of nitrogen functional groups attached to an aromatic ring is 1. The second kappa shape index (κ2) is 14.5. The maximum absolute atomic E-state index is 14.0. The number of nitrogens with one attached hydrogen (secondary N) is 2. The van der Waals surface area contributed by atoms with Crippen LogP contribution >= 0.6 is 11.6 Å². The van der Waals surface area contributed by atoms with Gasteiger partial charge in [-0.15, -0.1) is 0 Å². The van der Waals surface area contributed by atoms with Gasteiger partial charge in [-0.1, -0.05) is 42.3 Å². The molecule has 50 heavy (non-hydrogen) atoms. The third-order valence-corrected chi connectivity index (χ3v) is 10.1. The molecule has 0 unspecified atom stereocenters. The van der Waals surface area contributed by atoms with Crippen molar-refractivity contribution in [2.45, 2.75) is 82.7 Å². The number of hydrogen-bond acceptors (Lipinski definition) is 10. The summed E-state index contributed by atoms with van der Waals surface area (Å²) in [5.41, 5.74) is 6.91. The summed E-state index contributed by atoms with van der Waals surface area (Å²) in [5, 5.41) is 17.2. The van der Waals surface area contributed by atoms with Crippen LogP contribution in [0.4, 0.5) is 26.7 Å². The number of aryl methyl sites for hydroxylation is 1. The van der Waals surface area contributed by atoms with Crippen molar-refractivity contribution >= 4 is 46.8 Å². The van der Waals surface area contributed by atoms with Gasteiger partial charge < -0.3 is 39.4 Å². The van der Waals surface area contributed by atoms with Gasteiger partial charge in [0.25, 0.3) is 0 Å². The van der Waals surface area contributed by atoms with Crippen LogP contribution in [0.3, 0.4) is 0 Å².